The minimum Gasteiger partial charge on any atom is -0.457 e. The smallest absolute Gasteiger partial charge is 0.267 e. The number of halogens is 1. The van der Waals surface area contributed by atoms with Crippen LogP contribution in [0.2, 0.25) is 0 Å². The molecule has 3 aromatic carbocycles. The summed E-state index contributed by atoms with van der Waals surface area (Å²) < 4.78 is 46.1. The van der Waals surface area contributed by atoms with Crippen LogP contribution in [-0.2, 0) is 10.0 Å². The maximum Gasteiger partial charge on any atom is 0.267 e. The Labute approximate surface area is 193 Å². The summed E-state index contributed by atoms with van der Waals surface area (Å²) in [6.45, 7) is 1.61. The molecular formula is C23H18FN3O4S2. The van der Waals surface area contributed by atoms with Gasteiger partial charge in [0.05, 0.1) is 10.6 Å². The second kappa shape index (κ2) is 9.39. The molecule has 1 amide bonds. The predicted octanol–water partition coefficient (Wildman–Crippen LogP) is 5.44. The first-order chi connectivity index (χ1) is 15.8. The SMILES string of the molecule is Cc1nc(NS(=O)(=O)c2ccc(F)cc2)sc1C(=O)Nc1ccc(Oc2ccccc2)cc1. The lowest BCUT2D eigenvalue weighted by atomic mass is 10.3. The molecule has 0 radical (unpaired) electrons. The first-order valence-corrected chi connectivity index (χ1v) is 12.0. The van der Waals surface area contributed by atoms with Gasteiger partial charge in [-0.15, -0.1) is 0 Å². The third-order valence-electron chi connectivity index (χ3n) is 4.44. The van der Waals surface area contributed by atoms with Gasteiger partial charge in [-0.05, 0) is 67.6 Å². The molecule has 0 unspecified atom stereocenters. The Balaban J connectivity index is 1.43. The molecule has 0 saturated heterocycles. The molecule has 10 heteroatoms. The number of hydrogen-bond acceptors (Lipinski definition) is 6. The Kier molecular flexibility index (Phi) is 6.38. The quantitative estimate of drug-likeness (QED) is 0.365. The maximum absolute atomic E-state index is 13.1. The van der Waals surface area contributed by atoms with Crippen LogP contribution in [0.15, 0.2) is 83.8 Å². The van der Waals surface area contributed by atoms with Gasteiger partial charge in [0.15, 0.2) is 5.13 Å². The van der Waals surface area contributed by atoms with Crippen molar-refractivity contribution in [3.8, 4) is 11.5 Å². The molecule has 2 N–H and O–H groups in total. The highest BCUT2D eigenvalue weighted by Crippen LogP contribution is 2.27. The number of aryl methyl sites for hydroxylation is 1. The Morgan fingerprint density at radius 3 is 2.24 bits per heavy atom. The Hall–Kier alpha value is -3.76. The number of rotatable bonds is 7. The van der Waals surface area contributed by atoms with E-state index in [0.717, 1.165) is 35.6 Å². The molecule has 0 spiro atoms. The van der Waals surface area contributed by atoms with Crippen molar-refractivity contribution in [2.75, 3.05) is 10.0 Å². The number of carbonyl (C=O) groups is 1. The van der Waals surface area contributed by atoms with Gasteiger partial charge in [-0.2, -0.15) is 0 Å². The predicted molar refractivity (Wildman–Crippen MR) is 125 cm³/mol. The van der Waals surface area contributed by atoms with Gasteiger partial charge in [-0.1, -0.05) is 29.5 Å². The minimum atomic E-state index is -3.96. The zero-order valence-corrected chi connectivity index (χ0v) is 18.9. The lowest BCUT2D eigenvalue weighted by Crippen LogP contribution is -2.12. The van der Waals surface area contributed by atoms with Crippen LogP contribution in [0.3, 0.4) is 0 Å². The van der Waals surface area contributed by atoms with Gasteiger partial charge in [-0.3, -0.25) is 9.52 Å². The number of benzene rings is 3. The summed E-state index contributed by atoms with van der Waals surface area (Å²) in [5.41, 5.74) is 0.917. The molecule has 4 aromatic rings. The molecule has 0 aliphatic heterocycles. The molecule has 33 heavy (non-hydrogen) atoms. The van der Waals surface area contributed by atoms with E-state index in [1.54, 1.807) is 31.2 Å². The second-order valence-corrected chi connectivity index (χ2v) is 9.57. The molecule has 0 atom stereocenters. The van der Waals surface area contributed by atoms with E-state index in [4.69, 9.17) is 4.74 Å². The number of para-hydroxylation sites is 1. The third-order valence-corrected chi connectivity index (χ3v) is 7.00. The zero-order chi connectivity index (χ0) is 23.4. The highest BCUT2D eigenvalue weighted by Gasteiger charge is 2.20. The van der Waals surface area contributed by atoms with Crippen LogP contribution in [0.5, 0.6) is 11.5 Å². The number of anilines is 2. The monoisotopic (exact) mass is 483 g/mol. The highest BCUT2D eigenvalue weighted by atomic mass is 32.2. The third kappa shape index (κ3) is 5.54. The number of carbonyl (C=O) groups excluding carboxylic acids is 1. The fourth-order valence-electron chi connectivity index (χ4n) is 2.86. The van der Waals surface area contributed by atoms with Gasteiger partial charge in [0.1, 0.15) is 22.2 Å². The van der Waals surface area contributed by atoms with E-state index in [1.807, 2.05) is 30.3 Å². The van der Waals surface area contributed by atoms with Crippen LogP contribution in [0.25, 0.3) is 0 Å². The molecule has 4 rings (SSSR count). The van der Waals surface area contributed by atoms with Crippen LogP contribution < -0.4 is 14.8 Å². The topological polar surface area (TPSA) is 97.4 Å². The molecule has 0 aliphatic rings. The number of thiazole rings is 1. The molecule has 0 saturated carbocycles. The number of sulfonamides is 1. The largest absolute Gasteiger partial charge is 0.457 e. The maximum atomic E-state index is 13.1. The standard InChI is InChI=1S/C23H18FN3O4S2/c1-15-21(32-23(25-15)27-33(29,30)20-13-7-16(24)8-14-20)22(28)26-17-9-11-19(12-10-17)31-18-5-3-2-4-6-18/h2-14H,1H3,(H,25,27)(H,26,28). The van der Waals surface area contributed by atoms with Crippen molar-refractivity contribution in [1.82, 2.24) is 4.98 Å². The zero-order valence-electron chi connectivity index (χ0n) is 17.3. The summed E-state index contributed by atoms with van der Waals surface area (Å²) in [7, 11) is -3.96. The van der Waals surface area contributed by atoms with Crippen LogP contribution >= 0.6 is 11.3 Å². The lowest BCUT2D eigenvalue weighted by Gasteiger charge is -2.07. The number of ether oxygens (including phenoxy) is 1. The average Bonchev–Trinajstić information content (AvgIpc) is 3.15. The average molecular weight is 484 g/mol. The molecule has 0 aliphatic carbocycles. The number of nitrogens with one attached hydrogen (secondary N) is 2. The second-order valence-electron chi connectivity index (χ2n) is 6.89. The first kappa shape index (κ1) is 22.4. The van der Waals surface area contributed by atoms with Gasteiger partial charge >= 0.3 is 0 Å². The van der Waals surface area contributed by atoms with Gasteiger partial charge in [0.2, 0.25) is 0 Å². The van der Waals surface area contributed by atoms with Gasteiger partial charge in [-0.25, -0.2) is 17.8 Å². The molecule has 7 nitrogen and oxygen atoms in total. The summed E-state index contributed by atoms with van der Waals surface area (Å²) in [6, 6.07) is 20.6. The Bertz CT molecular complexity index is 1370. The molecule has 0 fully saturated rings. The lowest BCUT2D eigenvalue weighted by molar-refractivity contribution is 0.102. The molecular weight excluding hydrogens is 465 g/mol. The van der Waals surface area contributed by atoms with E-state index in [2.05, 4.69) is 15.0 Å². The van der Waals surface area contributed by atoms with Gasteiger partial charge in [0, 0.05) is 5.69 Å². The summed E-state index contributed by atoms with van der Waals surface area (Å²) in [5, 5.41) is 2.80. The molecule has 1 aromatic heterocycles. The normalized spacial score (nSPS) is 11.1. The van der Waals surface area contributed by atoms with Crippen molar-refractivity contribution in [2.45, 2.75) is 11.8 Å². The van der Waals surface area contributed by atoms with E-state index < -0.39 is 21.7 Å². The Morgan fingerprint density at radius 1 is 0.939 bits per heavy atom. The summed E-state index contributed by atoms with van der Waals surface area (Å²) in [6.07, 6.45) is 0. The van der Waals surface area contributed by atoms with Crippen LogP contribution in [0, 0.1) is 12.7 Å². The fourth-order valence-corrected chi connectivity index (χ4v) is 4.95. The van der Waals surface area contributed by atoms with Crippen molar-refractivity contribution in [1.29, 1.82) is 0 Å². The van der Waals surface area contributed by atoms with E-state index in [-0.39, 0.29) is 14.9 Å². The van der Waals surface area contributed by atoms with Crippen LogP contribution in [0.1, 0.15) is 15.4 Å². The van der Waals surface area contributed by atoms with Gasteiger partial charge < -0.3 is 10.1 Å². The van der Waals surface area contributed by atoms with E-state index in [1.165, 1.54) is 0 Å². The highest BCUT2D eigenvalue weighted by molar-refractivity contribution is 7.93. The van der Waals surface area contributed by atoms with E-state index >= 15 is 0 Å². The molecule has 0 bridgehead atoms. The number of amides is 1. The van der Waals surface area contributed by atoms with E-state index in [0.29, 0.717) is 22.9 Å². The number of hydrogen-bond donors (Lipinski definition) is 2. The number of nitrogens with zero attached hydrogens (tertiary/aromatic N) is 1. The fraction of sp³-hybridized carbons (Fsp3) is 0.0435. The van der Waals surface area contributed by atoms with Crippen molar-refractivity contribution >= 4 is 38.1 Å². The first-order valence-electron chi connectivity index (χ1n) is 9.70. The van der Waals surface area contributed by atoms with Crippen LogP contribution in [-0.4, -0.2) is 19.3 Å². The van der Waals surface area contributed by atoms with E-state index in [9.17, 15) is 17.6 Å². The van der Waals surface area contributed by atoms with Crippen molar-refractivity contribution < 1.29 is 22.3 Å². The molecule has 1 heterocycles. The number of aromatic nitrogens is 1. The summed E-state index contributed by atoms with van der Waals surface area (Å²) >= 11 is 0.904. The van der Waals surface area contributed by atoms with Crippen molar-refractivity contribution in [3.63, 3.8) is 0 Å². The Morgan fingerprint density at radius 2 is 1.58 bits per heavy atom. The molecule has 168 valence electrons. The minimum absolute atomic E-state index is 0.0357. The van der Waals surface area contributed by atoms with Crippen molar-refractivity contribution in [2.24, 2.45) is 0 Å². The summed E-state index contributed by atoms with van der Waals surface area (Å²) in [5.74, 6) is 0.350. The summed E-state index contributed by atoms with van der Waals surface area (Å²) in [4.78, 5) is 17.0. The van der Waals surface area contributed by atoms with Crippen LogP contribution in [0.4, 0.5) is 15.2 Å². The van der Waals surface area contributed by atoms with Gasteiger partial charge in [0.25, 0.3) is 15.9 Å². The van der Waals surface area contributed by atoms with Crippen molar-refractivity contribution in [3.05, 3.63) is 95.3 Å².